The number of piperazine rings is 1. The molecule has 0 amide bonds. The van der Waals surface area contributed by atoms with Crippen LogP contribution in [0.4, 0.5) is 5.69 Å². The van der Waals surface area contributed by atoms with E-state index in [0.717, 1.165) is 73.9 Å². The minimum Gasteiger partial charge on any atom is -0.465 e. The molecule has 0 saturated carbocycles. The second kappa shape index (κ2) is 14.3. The van der Waals surface area contributed by atoms with Gasteiger partial charge in [0.2, 0.25) is 0 Å². The van der Waals surface area contributed by atoms with Crippen LogP contribution in [0.5, 0.6) is 11.5 Å². The summed E-state index contributed by atoms with van der Waals surface area (Å²) in [5.74, 6) is 0.577. The number of anilines is 1. The Morgan fingerprint density at radius 2 is 1.85 bits per heavy atom. The number of methoxy groups -OCH3 is 1. The Morgan fingerprint density at radius 3 is 2.62 bits per heavy atom. The van der Waals surface area contributed by atoms with E-state index in [2.05, 4.69) is 53.5 Å². The van der Waals surface area contributed by atoms with Crippen molar-refractivity contribution in [3.8, 4) is 11.5 Å². The van der Waals surface area contributed by atoms with Crippen LogP contribution in [0.1, 0.15) is 52.4 Å². The van der Waals surface area contributed by atoms with Crippen molar-refractivity contribution in [2.45, 2.75) is 71.1 Å². The zero-order valence-corrected chi connectivity index (χ0v) is 29.6. The van der Waals surface area contributed by atoms with Crippen molar-refractivity contribution in [3.05, 3.63) is 77.1 Å². The zero-order chi connectivity index (χ0) is 33.1. The molecule has 47 heavy (non-hydrogen) atoms. The molecule has 1 aliphatic heterocycles. The summed E-state index contributed by atoms with van der Waals surface area (Å²) in [6, 6.07) is 15.7. The van der Waals surface area contributed by atoms with Crippen molar-refractivity contribution in [2.24, 2.45) is 0 Å². The van der Waals surface area contributed by atoms with E-state index < -0.39 is 14.0 Å². The Labute approximate surface area is 281 Å². The summed E-state index contributed by atoms with van der Waals surface area (Å²) in [5, 5.41) is 0.945. The molecule has 2 aromatic heterocycles. The summed E-state index contributed by atoms with van der Waals surface area (Å²) in [6.07, 6.45) is 8.31. The van der Waals surface area contributed by atoms with Crippen LogP contribution >= 0.6 is 0 Å². The molecule has 1 atom stereocenters. The Morgan fingerprint density at radius 1 is 1.04 bits per heavy atom. The van der Waals surface area contributed by atoms with Gasteiger partial charge in [-0.15, -0.1) is 0 Å². The van der Waals surface area contributed by atoms with E-state index in [1.165, 1.54) is 36.6 Å². The number of pyridine rings is 1. The van der Waals surface area contributed by atoms with E-state index in [0.29, 0.717) is 29.8 Å². The molecule has 2 aliphatic rings. The maximum atomic E-state index is 12.7. The van der Waals surface area contributed by atoms with Crippen molar-refractivity contribution in [1.29, 1.82) is 0 Å². The lowest BCUT2D eigenvalue weighted by Gasteiger charge is -2.41. The van der Waals surface area contributed by atoms with Gasteiger partial charge in [-0.25, -0.2) is 9.78 Å². The number of carbonyl (C=O) groups is 1. The van der Waals surface area contributed by atoms with Gasteiger partial charge in [0.05, 0.1) is 13.3 Å². The molecule has 1 unspecified atom stereocenters. The molecule has 1 aliphatic carbocycles. The molecule has 10 heteroatoms. The lowest BCUT2D eigenvalue weighted by atomic mass is 9.83. The number of aryl methyl sites for hydroxylation is 1. The fraction of sp³-hybridized carbons (Fsp3) is 0.459. The molecular formula is C37H47BN4O4Si. The highest BCUT2D eigenvalue weighted by molar-refractivity contribution is 6.76. The van der Waals surface area contributed by atoms with E-state index in [-0.39, 0.29) is 0 Å². The number of rotatable bonds is 10. The van der Waals surface area contributed by atoms with Gasteiger partial charge in [-0.1, -0.05) is 54.8 Å². The van der Waals surface area contributed by atoms with Crippen molar-refractivity contribution < 1.29 is 19.0 Å². The van der Waals surface area contributed by atoms with Crippen LogP contribution in [-0.4, -0.2) is 76.2 Å². The van der Waals surface area contributed by atoms with E-state index in [4.69, 9.17) is 22.1 Å². The summed E-state index contributed by atoms with van der Waals surface area (Å²) in [6.45, 7) is 14.1. The predicted molar refractivity (Wildman–Crippen MR) is 192 cm³/mol. The van der Waals surface area contributed by atoms with Gasteiger partial charge in [0.25, 0.3) is 0 Å². The maximum absolute atomic E-state index is 12.7. The van der Waals surface area contributed by atoms with Crippen molar-refractivity contribution in [3.63, 3.8) is 0 Å². The molecule has 4 aromatic rings. The average Bonchev–Trinajstić information content (AvgIpc) is 3.32. The lowest BCUT2D eigenvalue weighted by Crippen LogP contribution is -2.48. The van der Waals surface area contributed by atoms with Gasteiger partial charge in [-0.2, -0.15) is 0 Å². The third kappa shape index (κ3) is 7.77. The summed E-state index contributed by atoms with van der Waals surface area (Å²) in [4.78, 5) is 22.4. The molecule has 0 bridgehead atoms. The Bertz CT molecular complexity index is 1730. The van der Waals surface area contributed by atoms with Gasteiger partial charge < -0.3 is 23.7 Å². The highest BCUT2D eigenvalue weighted by Gasteiger charge is 2.29. The fourth-order valence-electron chi connectivity index (χ4n) is 6.88. The Kier molecular flexibility index (Phi) is 10.1. The first kappa shape index (κ1) is 33.3. The second-order valence-electron chi connectivity index (χ2n) is 14.2. The summed E-state index contributed by atoms with van der Waals surface area (Å²) in [5.41, 5.74) is 7.17. The maximum Gasteiger partial charge on any atom is 0.341 e. The van der Waals surface area contributed by atoms with Crippen LogP contribution in [0.2, 0.25) is 25.7 Å². The smallest absolute Gasteiger partial charge is 0.341 e. The minimum atomic E-state index is -1.14. The van der Waals surface area contributed by atoms with Crippen LogP contribution in [-0.2, 0) is 22.6 Å². The second-order valence-corrected chi connectivity index (χ2v) is 19.8. The van der Waals surface area contributed by atoms with Crippen molar-refractivity contribution >= 4 is 44.1 Å². The standard InChI is InChI=1S/C37H47BN4O4Si/c1-26-20-32-30(33(38)21-26)8-6-7-9-34(32)41-16-14-40(15-17-41)28-10-11-31(37(43)44-2)35(23-28)46-29-22-27-12-13-42(36(27)39-24-29)25-45-18-19-47(3,4)5/h10-13,20-24,34H,6-9,14-19,25H2,1-5H3. The Hall–Kier alpha value is -3.60. The largest absolute Gasteiger partial charge is 0.465 e. The molecule has 1 saturated heterocycles. The lowest BCUT2D eigenvalue weighted by molar-refractivity contribution is 0.0598. The number of ether oxygens (including phenoxy) is 3. The number of aromatic nitrogens is 2. The van der Waals surface area contributed by atoms with Gasteiger partial charge in [0.1, 0.15) is 37.3 Å². The summed E-state index contributed by atoms with van der Waals surface area (Å²) < 4.78 is 19.4. The molecule has 0 N–H and O–H groups in total. The number of esters is 1. The molecular weight excluding hydrogens is 603 g/mol. The quantitative estimate of drug-likeness (QED) is 0.0828. The third-order valence-corrected chi connectivity index (χ3v) is 11.2. The van der Waals surface area contributed by atoms with Crippen LogP contribution in [0, 0.1) is 6.92 Å². The fourth-order valence-corrected chi connectivity index (χ4v) is 7.64. The number of fused-ring (bicyclic) bond motifs is 2. The van der Waals surface area contributed by atoms with Gasteiger partial charge in [0, 0.05) is 70.2 Å². The van der Waals surface area contributed by atoms with Gasteiger partial charge >= 0.3 is 5.97 Å². The molecule has 8 nitrogen and oxygen atoms in total. The number of carbonyl (C=O) groups excluding carboxylic acids is 1. The van der Waals surface area contributed by atoms with E-state index in [9.17, 15) is 4.79 Å². The molecule has 1 fully saturated rings. The van der Waals surface area contributed by atoms with E-state index in [1.807, 2.05) is 35.0 Å². The number of hydrogen-bond donors (Lipinski definition) is 0. The van der Waals surface area contributed by atoms with E-state index in [1.54, 1.807) is 12.3 Å². The van der Waals surface area contributed by atoms with Crippen LogP contribution in [0.15, 0.2) is 54.9 Å². The number of hydrogen-bond acceptors (Lipinski definition) is 7. The summed E-state index contributed by atoms with van der Waals surface area (Å²) in [7, 11) is 6.74. The molecule has 6 rings (SSSR count). The Balaban J connectivity index is 1.16. The highest BCUT2D eigenvalue weighted by Crippen LogP contribution is 2.36. The molecule has 246 valence electrons. The predicted octanol–water partition coefficient (Wildman–Crippen LogP) is 6.62. The SMILES string of the molecule is [B]c1cc(C)cc2c1CCCCC2N1CCN(c2ccc(C(=O)OC)c(Oc3cnc4c(ccn4COCC[Si](C)(C)C)c3)c2)CC1. The van der Waals surface area contributed by atoms with Gasteiger partial charge in [-0.05, 0) is 62.1 Å². The summed E-state index contributed by atoms with van der Waals surface area (Å²) >= 11 is 0. The van der Waals surface area contributed by atoms with Crippen molar-refractivity contribution in [1.82, 2.24) is 14.5 Å². The van der Waals surface area contributed by atoms with Crippen LogP contribution in [0.3, 0.4) is 0 Å². The number of nitrogens with zero attached hydrogens (tertiary/aromatic N) is 4. The first-order chi connectivity index (χ1) is 22.6. The van der Waals surface area contributed by atoms with Crippen LogP contribution < -0.4 is 15.1 Å². The third-order valence-electron chi connectivity index (χ3n) is 9.50. The average molecular weight is 651 g/mol. The molecule has 2 aromatic carbocycles. The molecule has 3 heterocycles. The van der Waals surface area contributed by atoms with Crippen molar-refractivity contribution in [2.75, 3.05) is 44.8 Å². The first-order valence-corrected chi connectivity index (χ1v) is 20.6. The first-order valence-electron chi connectivity index (χ1n) is 16.9. The zero-order valence-electron chi connectivity index (χ0n) is 28.6. The topological polar surface area (TPSA) is 69.1 Å². The minimum absolute atomic E-state index is 0.381. The van der Waals surface area contributed by atoms with Gasteiger partial charge in [0.15, 0.2) is 0 Å². The highest BCUT2D eigenvalue weighted by atomic mass is 28.3. The van der Waals surface area contributed by atoms with Crippen LogP contribution in [0.25, 0.3) is 11.0 Å². The normalized spacial score (nSPS) is 17.4. The molecule has 0 spiro atoms. The monoisotopic (exact) mass is 650 g/mol. The van der Waals surface area contributed by atoms with E-state index >= 15 is 0 Å². The molecule has 2 radical (unpaired) electrons. The number of benzene rings is 2. The van der Waals surface area contributed by atoms with Gasteiger partial charge in [-0.3, -0.25) is 4.90 Å².